The molecule has 1 aromatic heterocycles. The summed E-state index contributed by atoms with van der Waals surface area (Å²) in [5.41, 5.74) is 1.02. The first-order valence-corrected chi connectivity index (χ1v) is 9.32. The average molecular weight is 409 g/mol. The zero-order valence-corrected chi connectivity index (χ0v) is 16.2. The minimum atomic E-state index is -1.11. The lowest BCUT2D eigenvalue weighted by molar-refractivity contribution is -0.148. The normalized spacial score (nSPS) is 12.6. The minimum absolute atomic E-state index is 0.0521. The van der Waals surface area contributed by atoms with Crippen LogP contribution in [0.4, 0.5) is 4.39 Å². The molecule has 0 saturated heterocycles. The maximum absolute atomic E-state index is 13.1. The summed E-state index contributed by atoms with van der Waals surface area (Å²) in [4.78, 5) is 37.6. The third-order valence-electron chi connectivity index (χ3n) is 4.41. The van der Waals surface area contributed by atoms with Crippen molar-refractivity contribution < 1.29 is 27.9 Å². The Hall–Kier alpha value is -3.74. The highest BCUT2D eigenvalue weighted by Gasteiger charge is 2.28. The molecular weight excluding hydrogens is 389 g/mol. The molecule has 0 aliphatic carbocycles. The fourth-order valence-electron chi connectivity index (χ4n) is 2.84. The Morgan fingerprint density at radius 3 is 2.33 bits per heavy atom. The SMILES string of the molecule is C[C@H](OC(=O)[C@H](Cc1ccccc1)NC(=O)c1ccco1)C(=O)c1ccc(F)cc1. The van der Waals surface area contributed by atoms with Crippen molar-refractivity contribution in [3.63, 3.8) is 0 Å². The topological polar surface area (TPSA) is 85.6 Å². The summed E-state index contributed by atoms with van der Waals surface area (Å²) in [5.74, 6) is -2.23. The summed E-state index contributed by atoms with van der Waals surface area (Å²) in [7, 11) is 0. The number of ether oxygens (including phenoxy) is 1. The summed E-state index contributed by atoms with van der Waals surface area (Å²) in [6.07, 6.45) is 0.411. The molecule has 1 heterocycles. The standard InChI is InChI=1S/C23H20FNO5/c1-15(21(26)17-9-11-18(24)12-10-17)30-23(28)19(14-16-6-3-2-4-7-16)25-22(27)20-8-5-13-29-20/h2-13,15,19H,14H2,1H3,(H,25,27)/t15-,19-/m0/s1. The molecule has 154 valence electrons. The number of rotatable bonds is 8. The molecule has 1 amide bonds. The van der Waals surface area contributed by atoms with E-state index in [0.717, 1.165) is 17.7 Å². The first-order valence-electron chi connectivity index (χ1n) is 9.32. The van der Waals surface area contributed by atoms with E-state index in [4.69, 9.17) is 9.15 Å². The van der Waals surface area contributed by atoms with Crippen molar-refractivity contribution in [2.75, 3.05) is 0 Å². The van der Waals surface area contributed by atoms with E-state index >= 15 is 0 Å². The van der Waals surface area contributed by atoms with Gasteiger partial charge in [-0.3, -0.25) is 9.59 Å². The lowest BCUT2D eigenvalue weighted by atomic mass is 10.0. The molecule has 6 nitrogen and oxygen atoms in total. The van der Waals surface area contributed by atoms with Crippen LogP contribution in [0.25, 0.3) is 0 Å². The highest BCUT2D eigenvalue weighted by molar-refractivity contribution is 6.00. The largest absolute Gasteiger partial charge is 0.459 e. The Balaban J connectivity index is 1.72. The number of carbonyl (C=O) groups excluding carboxylic acids is 3. The van der Waals surface area contributed by atoms with Gasteiger partial charge in [-0.15, -0.1) is 0 Å². The van der Waals surface area contributed by atoms with E-state index in [0.29, 0.717) is 0 Å². The predicted octanol–water partition coefficient (Wildman–Crippen LogP) is 3.57. The second-order valence-corrected chi connectivity index (χ2v) is 6.64. The van der Waals surface area contributed by atoms with Crippen LogP contribution >= 0.6 is 0 Å². The van der Waals surface area contributed by atoms with Gasteiger partial charge < -0.3 is 14.5 Å². The number of hydrogen-bond donors (Lipinski definition) is 1. The highest BCUT2D eigenvalue weighted by atomic mass is 19.1. The summed E-state index contributed by atoms with van der Waals surface area (Å²) in [5, 5.41) is 2.59. The molecule has 0 spiro atoms. The molecule has 2 aromatic carbocycles. The molecule has 1 N–H and O–H groups in total. The van der Waals surface area contributed by atoms with Crippen molar-refractivity contribution in [2.45, 2.75) is 25.5 Å². The number of amides is 1. The first kappa shape index (κ1) is 21.0. The van der Waals surface area contributed by atoms with Gasteiger partial charge in [-0.1, -0.05) is 30.3 Å². The van der Waals surface area contributed by atoms with Crippen LogP contribution in [-0.2, 0) is 16.0 Å². The van der Waals surface area contributed by atoms with Crippen LogP contribution in [0.15, 0.2) is 77.4 Å². The van der Waals surface area contributed by atoms with Gasteiger partial charge in [-0.05, 0) is 48.9 Å². The van der Waals surface area contributed by atoms with E-state index in [1.165, 1.54) is 31.4 Å². The van der Waals surface area contributed by atoms with Crippen LogP contribution in [-0.4, -0.2) is 29.8 Å². The zero-order chi connectivity index (χ0) is 21.5. The first-order chi connectivity index (χ1) is 14.4. The quantitative estimate of drug-likeness (QED) is 0.454. The number of furan rings is 1. The number of halogens is 1. The smallest absolute Gasteiger partial charge is 0.329 e. The lowest BCUT2D eigenvalue weighted by Gasteiger charge is -2.20. The molecule has 0 fully saturated rings. The molecular formula is C23H20FNO5. The molecule has 0 bridgehead atoms. The zero-order valence-electron chi connectivity index (χ0n) is 16.2. The second-order valence-electron chi connectivity index (χ2n) is 6.64. The molecule has 0 unspecified atom stereocenters. The Morgan fingerprint density at radius 1 is 1.00 bits per heavy atom. The van der Waals surface area contributed by atoms with Crippen molar-refractivity contribution in [1.82, 2.24) is 5.32 Å². The predicted molar refractivity (Wildman–Crippen MR) is 106 cm³/mol. The summed E-state index contributed by atoms with van der Waals surface area (Å²) >= 11 is 0. The Morgan fingerprint density at radius 2 is 1.70 bits per heavy atom. The number of nitrogens with one attached hydrogen (secondary N) is 1. The number of ketones is 1. The van der Waals surface area contributed by atoms with Crippen LogP contribution in [0.2, 0.25) is 0 Å². The third kappa shape index (κ3) is 5.41. The van der Waals surface area contributed by atoms with E-state index in [1.807, 2.05) is 30.3 Å². The van der Waals surface area contributed by atoms with Gasteiger partial charge in [0.25, 0.3) is 5.91 Å². The van der Waals surface area contributed by atoms with Crippen molar-refractivity contribution in [3.8, 4) is 0 Å². The molecule has 7 heteroatoms. The fourth-order valence-corrected chi connectivity index (χ4v) is 2.84. The third-order valence-corrected chi connectivity index (χ3v) is 4.41. The molecule has 3 rings (SSSR count). The van der Waals surface area contributed by atoms with Crippen LogP contribution in [0.3, 0.4) is 0 Å². The summed E-state index contributed by atoms with van der Waals surface area (Å²) in [6.45, 7) is 1.43. The molecule has 2 atom stereocenters. The summed E-state index contributed by atoms with van der Waals surface area (Å²) < 4.78 is 23.5. The van der Waals surface area contributed by atoms with Crippen molar-refractivity contribution in [3.05, 3.63) is 95.7 Å². The number of benzene rings is 2. The van der Waals surface area contributed by atoms with Crippen LogP contribution < -0.4 is 5.32 Å². The Labute approximate surface area is 172 Å². The molecule has 3 aromatic rings. The molecule has 30 heavy (non-hydrogen) atoms. The second kappa shape index (κ2) is 9.65. The monoisotopic (exact) mass is 409 g/mol. The average Bonchev–Trinajstić information content (AvgIpc) is 3.29. The summed E-state index contributed by atoms with van der Waals surface area (Å²) in [6, 6.07) is 16.0. The van der Waals surface area contributed by atoms with Gasteiger partial charge in [0.15, 0.2) is 11.9 Å². The van der Waals surface area contributed by atoms with E-state index in [2.05, 4.69) is 5.32 Å². The number of hydrogen-bond acceptors (Lipinski definition) is 5. The van der Waals surface area contributed by atoms with E-state index < -0.39 is 35.6 Å². The van der Waals surface area contributed by atoms with Gasteiger partial charge in [-0.2, -0.15) is 0 Å². The Kier molecular flexibility index (Phi) is 6.75. The highest BCUT2D eigenvalue weighted by Crippen LogP contribution is 2.12. The van der Waals surface area contributed by atoms with Crippen LogP contribution in [0.1, 0.15) is 33.4 Å². The van der Waals surface area contributed by atoms with Gasteiger partial charge in [0.05, 0.1) is 6.26 Å². The molecule has 0 aliphatic heterocycles. The maximum Gasteiger partial charge on any atom is 0.329 e. The van der Waals surface area contributed by atoms with Crippen molar-refractivity contribution in [1.29, 1.82) is 0 Å². The van der Waals surface area contributed by atoms with Crippen LogP contribution in [0, 0.1) is 5.82 Å². The Bertz CT molecular complexity index is 1000. The number of carbonyl (C=O) groups is 3. The molecule has 0 saturated carbocycles. The van der Waals surface area contributed by atoms with E-state index in [-0.39, 0.29) is 17.7 Å². The maximum atomic E-state index is 13.1. The fraction of sp³-hybridized carbons (Fsp3) is 0.174. The van der Waals surface area contributed by atoms with Gasteiger partial charge >= 0.3 is 5.97 Å². The van der Waals surface area contributed by atoms with Gasteiger partial charge in [0, 0.05) is 12.0 Å². The minimum Gasteiger partial charge on any atom is -0.459 e. The number of Topliss-reactive ketones (excluding diaryl/α,β-unsaturated/α-hetero) is 1. The van der Waals surface area contributed by atoms with E-state index in [1.54, 1.807) is 6.07 Å². The van der Waals surface area contributed by atoms with Crippen LogP contribution in [0.5, 0.6) is 0 Å². The molecule has 0 aliphatic rings. The number of esters is 1. The van der Waals surface area contributed by atoms with Gasteiger partial charge in [0.2, 0.25) is 5.78 Å². The van der Waals surface area contributed by atoms with E-state index in [9.17, 15) is 18.8 Å². The van der Waals surface area contributed by atoms with Crippen molar-refractivity contribution in [2.24, 2.45) is 0 Å². The van der Waals surface area contributed by atoms with Crippen molar-refractivity contribution >= 4 is 17.7 Å². The lowest BCUT2D eigenvalue weighted by Crippen LogP contribution is -2.45. The molecule has 0 radical (unpaired) electrons. The van der Waals surface area contributed by atoms with Gasteiger partial charge in [0.1, 0.15) is 11.9 Å². The van der Waals surface area contributed by atoms with Gasteiger partial charge in [-0.25, -0.2) is 9.18 Å².